The van der Waals surface area contributed by atoms with Crippen molar-refractivity contribution < 1.29 is 4.79 Å². The lowest BCUT2D eigenvalue weighted by atomic mass is 10.1. The van der Waals surface area contributed by atoms with Crippen LogP contribution in [-0.2, 0) is 4.79 Å². The van der Waals surface area contributed by atoms with Gasteiger partial charge in [-0.3, -0.25) is 4.79 Å². The van der Waals surface area contributed by atoms with Crippen LogP contribution in [0.15, 0.2) is 11.6 Å². The van der Waals surface area contributed by atoms with Gasteiger partial charge in [-0.2, -0.15) is 0 Å². The molecule has 0 spiro atoms. The summed E-state index contributed by atoms with van der Waals surface area (Å²) in [5.41, 5.74) is 0.980. The van der Waals surface area contributed by atoms with Crippen LogP contribution in [0.25, 0.3) is 0 Å². The highest BCUT2D eigenvalue weighted by Crippen LogP contribution is 2.06. The normalized spacial score (nSPS) is 11.6. The van der Waals surface area contributed by atoms with Gasteiger partial charge < -0.3 is 0 Å². The van der Waals surface area contributed by atoms with Gasteiger partial charge in [0.15, 0.2) is 0 Å². The lowest BCUT2D eigenvalue weighted by Crippen LogP contribution is -1.84. The summed E-state index contributed by atoms with van der Waals surface area (Å²) in [7, 11) is 0. The van der Waals surface area contributed by atoms with Gasteiger partial charge in [-0.15, -0.1) is 0 Å². The van der Waals surface area contributed by atoms with Gasteiger partial charge in [-0.05, 0) is 24.8 Å². The molecule has 0 bridgehead atoms. The molecule has 0 atom stereocenters. The quantitative estimate of drug-likeness (QED) is 0.424. The molecule has 0 unspecified atom stereocenters. The smallest absolute Gasteiger partial charge is 0.145 e. The summed E-state index contributed by atoms with van der Waals surface area (Å²) in [5.74, 6) is 0. The van der Waals surface area contributed by atoms with Crippen LogP contribution < -0.4 is 0 Å². The van der Waals surface area contributed by atoms with E-state index in [9.17, 15) is 4.79 Å². The zero-order chi connectivity index (χ0) is 8.53. The first-order valence-corrected chi connectivity index (χ1v) is 4.49. The Kier molecular flexibility index (Phi) is 7.11. The molecule has 0 rings (SSSR count). The first-order valence-electron chi connectivity index (χ1n) is 4.49. The molecule has 64 valence electrons. The first kappa shape index (κ1) is 10.4. The molecule has 1 nitrogen and oxygen atoms in total. The molecular formula is C10H18O. The van der Waals surface area contributed by atoms with E-state index < -0.39 is 0 Å². The van der Waals surface area contributed by atoms with Gasteiger partial charge in [0, 0.05) is 0 Å². The van der Waals surface area contributed by atoms with Gasteiger partial charge in [-0.1, -0.05) is 32.8 Å². The SMILES string of the molecule is CCC/C=C(/C=O)CCCC. The van der Waals surface area contributed by atoms with E-state index in [1.54, 1.807) is 0 Å². The topological polar surface area (TPSA) is 17.1 Å². The van der Waals surface area contributed by atoms with E-state index in [0.29, 0.717) is 0 Å². The summed E-state index contributed by atoms with van der Waals surface area (Å²) in [5, 5.41) is 0. The van der Waals surface area contributed by atoms with E-state index in [2.05, 4.69) is 19.9 Å². The third-order valence-corrected chi connectivity index (χ3v) is 1.67. The van der Waals surface area contributed by atoms with E-state index in [0.717, 1.165) is 44.0 Å². The van der Waals surface area contributed by atoms with Crippen molar-refractivity contribution in [2.45, 2.75) is 46.0 Å². The van der Waals surface area contributed by atoms with Crippen LogP contribution in [0, 0.1) is 0 Å². The predicted octanol–water partition coefficient (Wildman–Crippen LogP) is 3.10. The molecule has 0 aromatic heterocycles. The van der Waals surface area contributed by atoms with Gasteiger partial charge in [0.25, 0.3) is 0 Å². The second-order valence-corrected chi connectivity index (χ2v) is 2.79. The number of rotatable bonds is 6. The van der Waals surface area contributed by atoms with Crippen molar-refractivity contribution in [3.63, 3.8) is 0 Å². The zero-order valence-corrected chi connectivity index (χ0v) is 7.60. The molecule has 0 aliphatic rings. The minimum atomic E-state index is 0.958. The van der Waals surface area contributed by atoms with Gasteiger partial charge in [0.05, 0.1) is 0 Å². The van der Waals surface area contributed by atoms with Crippen molar-refractivity contribution in [3.8, 4) is 0 Å². The number of carbonyl (C=O) groups excluding carboxylic acids is 1. The molecule has 1 heteroatoms. The summed E-state index contributed by atoms with van der Waals surface area (Å²) in [6, 6.07) is 0. The Morgan fingerprint density at radius 2 is 2.00 bits per heavy atom. The van der Waals surface area contributed by atoms with Gasteiger partial charge in [0.2, 0.25) is 0 Å². The predicted molar refractivity (Wildman–Crippen MR) is 48.6 cm³/mol. The number of allylic oxidation sites excluding steroid dienone is 2. The Bertz CT molecular complexity index is 125. The third kappa shape index (κ3) is 5.84. The molecule has 0 aromatic carbocycles. The van der Waals surface area contributed by atoms with E-state index in [1.165, 1.54) is 0 Å². The van der Waals surface area contributed by atoms with E-state index in [4.69, 9.17) is 0 Å². The summed E-state index contributed by atoms with van der Waals surface area (Å²) >= 11 is 0. The van der Waals surface area contributed by atoms with Crippen LogP contribution in [0.5, 0.6) is 0 Å². The van der Waals surface area contributed by atoms with E-state index >= 15 is 0 Å². The fourth-order valence-electron chi connectivity index (χ4n) is 0.920. The van der Waals surface area contributed by atoms with Crippen molar-refractivity contribution in [1.29, 1.82) is 0 Å². The number of aldehydes is 1. The minimum Gasteiger partial charge on any atom is -0.298 e. The molecular weight excluding hydrogens is 136 g/mol. The molecule has 0 radical (unpaired) electrons. The molecule has 0 aliphatic heterocycles. The lowest BCUT2D eigenvalue weighted by Gasteiger charge is -1.96. The fraction of sp³-hybridized carbons (Fsp3) is 0.700. The summed E-state index contributed by atoms with van der Waals surface area (Å²) < 4.78 is 0. The van der Waals surface area contributed by atoms with Crippen LogP contribution in [-0.4, -0.2) is 6.29 Å². The molecule has 0 aromatic rings. The van der Waals surface area contributed by atoms with Crippen molar-refractivity contribution in [2.75, 3.05) is 0 Å². The van der Waals surface area contributed by atoms with Crippen LogP contribution in [0.1, 0.15) is 46.0 Å². The minimum absolute atomic E-state index is 0.958. The van der Waals surface area contributed by atoms with Crippen LogP contribution in [0.3, 0.4) is 0 Å². The molecule has 0 N–H and O–H groups in total. The average Bonchev–Trinajstić information content (AvgIpc) is 2.05. The highest BCUT2D eigenvalue weighted by molar-refractivity contribution is 5.72. The number of hydrogen-bond acceptors (Lipinski definition) is 1. The van der Waals surface area contributed by atoms with Gasteiger partial charge in [-0.25, -0.2) is 0 Å². The lowest BCUT2D eigenvalue weighted by molar-refractivity contribution is -0.105. The summed E-state index contributed by atoms with van der Waals surface area (Å²) in [6.45, 7) is 4.26. The Morgan fingerprint density at radius 1 is 1.27 bits per heavy atom. The Labute approximate surface area is 69.5 Å². The highest BCUT2D eigenvalue weighted by Gasteiger charge is 1.92. The third-order valence-electron chi connectivity index (χ3n) is 1.67. The van der Waals surface area contributed by atoms with Crippen LogP contribution >= 0.6 is 0 Å². The van der Waals surface area contributed by atoms with Crippen LogP contribution in [0.4, 0.5) is 0 Å². The molecule has 0 heterocycles. The molecule has 0 saturated carbocycles. The Morgan fingerprint density at radius 3 is 2.45 bits per heavy atom. The fourth-order valence-corrected chi connectivity index (χ4v) is 0.920. The zero-order valence-electron chi connectivity index (χ0n) is 7.60. The van der Waals surface area contributed by atoms with E-state index in [1.807, 2.05) is 0 Å². The number of hydrogen-bond donors (Lipinski definition) is 0. The number of carbonyl (C=O) groups is 1. The van der Waals surface area contributed by atoms with Crippen molar-refractivity contribution in [3.05, 3.63) is 11.6 Å². The molecule has 0 saturated heterocycles. The summed E-state index contributed by atoms with van der Waals surface area (Å²) in [4.78, 5) is 10.4. The average molecular weight is 154 g/mol. The summed E-state index contributed by atoms with van der Waals surface area (Å²) in [6.07, 6.45) is 8.47. The molecule has 0 fully saturated rings. The van der Waals surface area contributed by atoms with Crippen molar-refractivity contribution in [2.24, 2.45) is 0 Å². The maximum Gasteiger partial charge on any atom is 0.145 e. The Balaban J connectivity index is 3.64. The molecule has 11 heavy (non-hydrogen) atoms. The maximum absolute atomic E-state index is 10.4. The Hall–Kier alpha value is -0.590. The standard InChI is InChI=1S/C10H18O/c1-3-5-7-10(9-11)8-6-4-2/h7,9H,3-6,8H2,1-2H3/b10-7+. The molecule has 0 aliphatic carbocycles. The number of unbranched alkanes of at least 4 members (excludes halogenated alkanes) is 2. The second kappa shape index (κ2) is 7.52. The van der Waals surface area contributed by atoms with Crippen molar-refractivity contribution >= 4 is 6.29 Å². The second-order valence-electron chi connectivity index (χ2n) is 2.79. The largest absolute Gasteiger partial charge is 0.298 e. The highest BCUT2D eigenvalue weighted by atomic mass is 16.1. The van der Waals surface area contributed by atoms with Gasteiger partial charge >= 0.3 is 0 Å². The molecule has 0 amide bonds. The van der Waals surface area contributed by atoms with E-state index in [-0.39, 0.29) is 0 Å². The van der Waals surface area contributed by atoms with Crippen LogP contribution in [0.2, 0.25) is 0 Å². The maximum atomic E-state index is 10.4. The van der Waals surface area contributed by atoms with Gasteiger partial charge in [0.1, 0.15) is 6.29 Å². The monoisotopic (exact) mass is 154 g/mol. The van der Waals surface area contributed by atoms with Crippen molar-refractivity contribution in [1.82, 2.24) is 0 Å². The first-order chi connectivity index (χ1) is 5.35.